The lowest BCUT2D eigenvalue weighted by molar-refractivity contribution is -0.115. The second kappa shape index (κ2) is 4.43. The van der Waals surface area contributed by atoms with E-state index in [0.29, 0.717) is 10.8 Å². The lowest BCUT2D eigenvalue weighted by Gasteiger charge is -1.95. The molecule has 11 heavy (non-hydrogen) atoms. The number of alkyl halides is 1. The molecule has 0 bridgehead atoms. The fourth-order valence-corrected chi connectivity index (χ4v) is 1.05. The first-order chi connectivity index (χ1) is 5.33. The smallest absolute Gasteiger partial charge is 0.146 e. The molecular formula is C8H8INO. The Balaban J connectivity index is 2.58. The number of carbonyl (C=O) groups excluding carboxylic acids is 1. The summed E-state index contributed by atoms with van der Waals surface area (Å²) in [6.45, 7) is 0. The van der Waals surface area contributed by atoms with E-state index in [4.69, 9.17) is 0 Å². The molecule has 2 nitrogen and oxygen atoms in total. The van der Waals surface area contributed by atoms with E-state index in [1.165, 1.54) is 0 Å². The number of ketones is 1. The molecule has 0 radical (unpaired) electrons. The van der Waals surface area contributed by atoms with Gasteiger partial charge in [-0.15, -0.1) is 0 Å². The maximum absolute atomic E-state index is 11.0. The predicted molar refractivity (Wildman–Crippen MR) is 51.8 cm³/mol. The largest absolute Gasteiger partial charge is 0.298 e. The van der Waals surface area contributed by atoms with Crippen LogP contribution in [0.1, 0.15) is 5.56 Å². The molecule has 0 amide bonds. The van der Waals surface area contributed by atoms with E-state index in [0.717, 1.165) is 5.56 Å². The van der Waals surface area contributed by atoms with Gasteiger partial charge in [0.1, 0.15) is 5.78 Å². The van der Waals surface area contributed by atoms with Crippen molar-refractivity contribution in [2.24, 2.45) is 0 Å². The highest BCUT2D eigenvalue weighted by atomic mass is 127. The van der Waals surface area contributed by atoms with E-state index in [1.807, 2.05) is 12.1 Å². The van der Waals surface area contributed by atoms with E-state index in [2.05, 4.69) is 27.6 Å². The van der Waals surface area contributed by atoms with Gasteiger partial charge in [-0.05, 0) is 17.7 Å². The summed E-state index contributed by atoms with van der Waals surface area (Å²) in [7, 11) is 0. The zero-order valence-electron chi connectivity index (χ0n) is 5.96. The number of pyridine rings is 1. The normalized spacial score (nSPS) is 9.55. The van der Waals surface area contributed by atoms with Crippen molar-refractivity contribution >= 4 is 28.4 Å². The van der Waals surface area contributed by atoms with Crippen LogP contribution in [0, 0.1) is 0 Å². The molecule has 1 heterocycles. The number of Topliss-reactive ketones (excluding diaryl/α,β-unsaturated/α-hetero) is 1. The Hall–Kier alpha value is -0.450. The molecule has 0 spiro atoms. The van der Waals surface area contributed by atoms with Gasteiger partial charge in [-0.2, -0.15) is 0 Å². The molecule has 0 N–H and O–H groups in total. The van der Waals surface area contributed by atoms with E-state index < -0.39 is 0 Å². The predicted octanol–water partition coefficient (Wildman–Crippen LogP) is 1.63. The van der Waals surface area contributed by atoms with Gasteiger partial charge in [0.2, 0.25) is 0 Å². The maximum atomic E-state index is 11.0. The average molecular weight is 261 g/mol. The number of carbonyl (C=O) groups is 1. The summed E-state index contributed by atoms with van der Waals surface area (Å²) in [5.41, 5.74) is 1.04. The summed E-state index contributed by atoms with van der Waals surface area (Å²) in [4.78, 5) is 14.8. The molecule has 58 valence electrons. The average Bonchev–Trinajstić information content (AvgIpc) is 2.06. The highest BCUT2D eigenvalue weighted by molar-refractivity contribution is 14.1. The summed E-state index contributed by atoms with van der Waals surface area (Å²) in [5.74, 6) is 0.261. The molecule has 0 saturated heterocycles. The van der Waals surface area contributed by atoms with Crippen LogP contribution in [0.3, 0.4) is 0 Å². The van der Waals surface area contributed by atoms with Crippen LogP contribution in [0.2, 0.25) is 0 Å². The third-order valence-corrected chi connectivity index (χ3v) is 2.15. The number of halogens is 1. The van der Waals surface area contributed by atoms with Crippen LogP contribution < -0.4 is 0 Å². The molecule has 0 unspecified atom stereocenters. The van der Waals surface area contributed by atoms with Gasteiger partial charge >= 0.3 is 0 Å². The van der Waals surface area contributed by atoms with Gasteiger partial charge in [0, 0.05) is 18.8 Å². The van der Waals surface area contributed by atoms with E-state index in [1.54, 1.807) is 12.4 Å². The van der Waals surface area contributed by atoms with Crippen molar-refractivity contribution in [2.45, 2.75) is 6.42 Å². The minimum absolute atomic E-state index is 0.261. The SMILES string of the molecule is O=C(CI)Cc1ccncc1. The Morgan fingerprint density at radius 1 is 1.45 bits per heavy atom. The molecule has 1 aromatic heterocycles. The van der Waals surface area contributed by atoms with Crippen molar-refractivity contribution < 1.29 is 4.79 Å². The number of hydrogen-bond acceptors (Lipinski definition) is 2. The van der Waals surface area contributed by atoms with Crippen LogP contribution in [0.25, 0.3) is 0 Å². The molecule has 0 fully saturated rings. The lowest BCUT2D eigenvalue weighted by atomic mass is 10.1. The second-order valence-corrected chi connectivity index (χ2v) is 2.97. The summed E-state index contributed by atoms with van der Waals surface area (Å²) in [6, 6.07) is 3.73. The fraction of sp³-hybridized carbons (Fsp3) is 0.250. The van der Waals surface area contributed by atoms with Crippen molar-refractivity contribution in [2.75, 3.05) is 4.43 Å². The van der Waals surface area contributed by atoms with E-state index >= 15 is 0 Å². The summed E-state index contributed by atoms with van der Waals surface area (Å²) in [5, 5.41) is 0. The number of rotatable bonds is 3. The van der Waals surface area contributed by atoms with Crippen molar-refractivity contribution in [1.29, 1.82) is 0 Å². The molecule has 0 saturated carbocycles. The van der Waals surface area contributed by atoms with Crippen molar-refractivity contribution in [3.63, 3.8) is 0 Å². The molecule has 0 atom stereocenters. The molecule has 1 aromatic rings. The first-order valence-electron chi connectivity index (χ1n) is 3.29. The zero-order valence-corrected chi connectivity index (χ0v) is 8.11. The first-order valence-corrected chi connectivity index (χ1v) is 4.82. The van der Waals surface area contributed by atoms with Crippen LogP contribution >= 0.6 is 22.6 Å². The van der Waals surface area contributed by atoms with Crippen LogP contribution in [0.5, 0.6) is 0 Å². The van der Waals surface area contributed by atoms with Crippen molar-refractivity contribution in [3.05, 3.63) is 30.1 Å². The van der Waals surface area contributed by atoms with E-state index in [-0.39, 0.29) is 5.78 Å². The summed E-state index contributed by atoms with van der Waals surface area (Å²) >= 11 is 2.08. The fourth-order valence-electron chi connectivity index (χ4n) is 0.776. The maximum Gasteiger partial charge on any atom is 0.146 e. The Labute approximate surface area is 79.2 Å². The van der Waals surface area contributed by atoms with Crippen molar-refractivity contribution in [3.8, 4) is 0 Å². The topological polar surface area (TPSA) is 30.0 Å². The monoisotopic (exact) mass is 261 g/mol. The van der Waals surface area contributed by atoms with Gasteiger partial charge in [-0.1, -0.05) is 22.6 Å². The van der Waals surface area contributed by atoms with Gasteiger partial charge in [-0.25, -0.2) is 0 Å². The van der Waals surface area contributed by atoms with Gasteiger partial charge in [0.05, 0.1) is 4.43 Å². The van der Waals surface area contributed by atoms with Crippen LogP contribution in [0.15, 0.2) is 24.5 Å². The van der Waals surface area contributed by atoms with Crippen LogP contribution in [-0.4, -0.2) is 15.2 Å². The molecule has 0 aliphatic rings. The minimum Gasteiger partial charge on any atom is -0.298 e. The lowest BCUT2D eigenvalue weighted by Crippen LogP contribution is -2.02. The molecule has 0 aromatic carbocycles. The Bertz CT molecular complexity index is 235. The molecule has 1 rings (SSSR count). The minimum atomic E-state index is 0.261. The Morgan fingerprint density at radius 2 is 2.09 bits per heavy atom. The van der Waals surface area contributed by atoms with E-state index in [9.17, 15) is 4.79 Å². The van der Waals surface area contributed by atoms with Crippen LogP contribution in [-0.2, 0) is 11.2 Å². The first kappa shape index (κ1) is 8.64. The summed E-state index contributed by atoms with van der Waals surface area (Å²) < 4.78 is 0.583. The Kier molecular flexibility index (Phi) is 3.48. The number of nitrogens with zero attached hydrogens (tertiary/aromatic N) is 1. The summed E-state index contributed by atoms with van der Waals surface area (Å²) in [6.07, 6.45) is 3.94. The molecule has 0 aliphatic carbocycles. The van der Waals surface area contributed by atoms with Gasteiger partial charge in [0.25, 0.3) is 0 Å². The van der Waals surface area contributed by atoms with Crippen LogP contribution in [0.4, 0.5) is 0 Å². The molecule has 3 heteroatoms. The third-order valence-electron chi connectivity index (χ3n) is 1.30. The van der Waals surface area contributed by atoms with Crippen molar-refractivity contribution in [1.82, 2.24) is 4.98 Å². The Morgan fingerprint density at radius 3 is 2.64 bits per heavy atom. The molecular weight excluding hydrogens is 253 g/mol. The highest BCUT2D eigenvalue weighted by Gasteiger charge is 1.99. The van der Waals surface area contributed by atoms with Gasteiger partial charge in [0.15, 0.2) is 0 Å². The quantitative estimate of drug-likeness (QED) is 0.611. The van der Waals surface area contributed by atoms with Gasteiger partial charge < -0.3 is 0 Å². The highest BCUT2D eigenvalue weighted by Crippen LogP contribution is 1.99. The third kappa shape index (κ3) is 2.96. The molecule has 0 aliphatic heterocycles. The van der Waals surface area contributed by atoms with Gasteiger partial charge in [-0.3, -0.25) is 9.78 Å². The number of aromatic nitrogens is 1. The zero-order chi connectivity index (χ0) is 8.10. The second-order valence-electron chi connectivity index (χ2n) is 2.20. The standard InChI is InChI=1S/C8H8INO/c9-6-8(11)5-7-1-3-10-4-2-7/h1-4H,5-6H2. The number of hydrogen-bond donors (Lipinski definition) is 0.